The molecule has 140 valence electrons. The summed E-state index contributed by atoms with van der Waals surface area (Å²) < 4.78 is 8.67. The highest BCUT2D eigenvalue weighted by molar-refractivity contribution is 9.10. The second-order valence-corrected chi connectivity index (χ2v) is 7.34. The molecule has 0 bridgehead atoms. The standard InChI is InChI=1S/C19H26BrN5O/c1-3-21-19(22-8-10-26-18-6-4-5-17(20)11-18)25-9-7-15(14-25)16-12-23-24(2)13-16/h4-6,11-13,15H,3,7-10,14H2,1-2H3,(H,21,22). The van der Waals surface area contributed by atoms with Crippen molar-refractivity contribution in [2.45, 2.75) is 19.3 Å². The van der Waals surface area contributed by atoms with Gasteiger partial charge in [0.15, 0.2) is 5.96 Å². The van der Waals surface area contributed by atoms with Gasteiger partial charge >= 0.3 is 0 Å². The third-order valence-electron chi connectivity index (χ3n) is 4.44. The third kappa shape index (κ3) is 5.00. The Labute approximate surface area is 163 Å². The zero-order valence-corrected chi connectivity index (χ0v) is 16.9. The lowest BCUT2D eigenvalue weighted by atomic mass is 10.0. The summed E-state index contributed by atoms with van der Waals surface area (Å²) in [5.74, 6) is 2.35. The number of nitrogens with one attached hydrogen (secondary N) is 1. The first-order chi connectivity index (χ1) is 12.7. The number of aromatic nitrogens is 2. The lowest BCUT2D eigenvalue weighted by molar-refractivity contribution is 0.327. The van der Waals surface area contributed by atoms with Crippen LogP contribution in [0, 0.1) is 0 Å². The Hall–Kier alpha value is -2.02. The van der Waals surface area contributed by atoms with Gasteiger partial charge in [-0.1, -0.05) is 22.0 Å². The quantitative estimate of drug-likeness (QED) is 0.444. The Morgan fingerprint density at radius 3 is 3.08 bits per heavy atom. The van der Waals surface area contributed by atoms with Gasteiger partial charge in [-0.15, -0.1) is 0 Å². The smallest absolute Gasteiger partial charge is 0.194 e. The number of rotatable bonds is 6. The SMILES string of the molecule is CCNC(=NCCOc1cccc(Br)c1)N1CCC(c2cnn(C)c2)C1. The lowest BCUT2D eigenvalue weighted by Crippen LogP contribution is -2.40. The fourth-order valence-electron chi connectivity index (χ4n) is 3.17. The normalized spacial score (nSPS) is 17.6. The molecule has 1 N–H and O–H groups in total. The maximum absolute atomic E-state index is 5.78. The Kier molecular flexibility index (Phi) is 6.55. The molecule has 6 nitrogen and oxygen atoms in total. The molecule has 1 aliphatic heterocycles. The lowest BCUT2D eigenvalue weighted by Gasteiger charge is -2.21. The maximum atomic E-state index is 5.78. The minimum atomic E-state index is 0.519. The van der Waals surface area contributed by atoms with E-state index < -0.39 is 0 Å². The summed E-state index contributed by atoms with van der Waals surface area (Å²) in [6, 6.07) is 7.88. The number of benzene rings is 1. The summed E-state index contributed by atoms with van der Waals surface area (Å²) in [5, 5.41) is 7.70. The summed E-state index contributed by atoms with van der Waals surface area (Å²) in [4.78, 5) is 7.07. The topological polar surface area (TPSA) is 54.7 Å². The number of hydrogen-bond acceptors (Lipinski definition) is 3. The maximum Gasteiger partial charge on any atom is 0.194 e. The predicted molar refractivity (Wildman–Crippen MR) is 108 cm³/mol. The van der Waals surface area contributed by atoms with Crippen LogP contribution in [-0.2, 0) is 7.05 Å². The van der Waals surface area contributed by atoms with Crippen LogP contribution in [0.3, 0.4) is 0 Å². The van der Waals surface area contributed by atoms with Crippen molar-refractivity contribution in [3.05, 3.63) is 46.7 Å². The van der Waals surface area contributed by atoms with E-state index in [0.29, 0.717) is 19.1 Å². The van der Waals surface area contributed by atoms with Crippen molar-refractivity contribution >= 4 is 21.9 Å². The Balaban J connectivity index is 1.54. The van der Waals surface area contributed by atoms with E-state index in [4.69, 9.17) is 9.73 Å². The van der Waals surface area contributed by atoms with Gasteiger partial charge in [-0.25, -0.2) is 4.99 Å². The molecule has 1 aromatic heterocycles. The second kappa shape index (κ2) is 9.07. The van der Waals surface area contributed by atoms with E-state index in [1.807, 2.05) is 42.2 Å². The molecule has 0 radical (unpaired) electrons. The molecule has 0 saturated carbocycles. The molecule has 3 rings (SSSR count). The number of aryl methyl sites for hydroxylation is 1. The van der Waals surface area contributed by atoms with Crippen LogP contribution in [0.5, 0.6) is 5.75 Å². The largest absolute Gasteiger partial charge is 0.492 e. The molecule has 1 aromatic carbocycles. The Morgan fingerprint density at radius 1 is 1.46 bits per heavy atom. The van der Waals surface area contributed by atoms with Crippen molar-refractivity contribution in [3.8, 4) is 5.75 Å². The first-order valence-electron chi connectivity index (χ1n) is 9.06. The van der Waals surface area contributed by atoms with E-state index in [-0.39, 0.29) is 0 Å². The molecule has 2 heterocycles. The highest BCUT2D eigenvalue weighted by atomic mass is 79.9. The van der Waals surface area contributed by atoms with Crippen LogP contribution in [0.4, 0.5) is 0 Å². The van der Waals surface area contributed by atoms with Gasteiger partial charge in [-0.05, 0) is 37.1 Å². The predicted octanol–water partition coefficient (Wildman–Crippen LogP) is 3.02. The monoisotopic (exact) mass is 419 g/mol. The zero-order valence-electron chi connectivity index (χ0n) is 15.4. The molecule has 1 atom stereocenters. The van der Waals surface area contributed by atoms with Gasteiger partial charge < -0.3 is 15.0 Å². The van der Waals surface area contributed by atoms with Gasteiger partial charge in [-0.3, -0.25) is 4.68 Å². The van der Waals surface area contributed by atoms with Gasteiger partial charge in [-0.2, -0.15) is 5.10 Å². The van der Waals surface area contributed by atoms with Crippen LogP contribution in [0.1, 0.15) is 24.8 Å². The molecule has 2 aromatic rings. The number of likely N-dealkylation sites (tertiary alicyclic amines) is 1. The first-order valence-corrected chi connectivity index (χ1v) is 9.85. The molecular formula is C19H26BrN5O. The Morgan fingerprint density at radius 2 is 2.35 bits per heavy atom. The number of guanidine groups is 1. The molecule has 7 heteroatoms. The minimum Gasteiger partial charge on any atom is -0.492 e. The second-order valence-electron chi connectivity index (χ2n) is 6.42. The van der Waals surface area contributed by atoms with Crippen LogP contribution >= 0.6 is 15.9 Å². The molecule has 1 saturated heterocycles. The van der Waals surface area contributed by atoms with Gasteiger partial charge in [0.1, 0.15) is 12.4 Å². The molecule has 26 heavy (non-hydrogen) atoms. The highest BCUT2D eigenvalue weighted by Crippen LogP contribution is 2.26. The molecule has 0 amide bonds. The van der Waals surface area contributed by atoms with Crippen LogP contribution in [0.2, 0.25) is 0 Å². The highest BCUT2D eigenvalue weighted by Gasteiger charge is 2.26. The number of hydrogen-bond donors (Lipinski definition) is 1. The van der Waals surface area contributed by atoms with E-state index in [0.717, 1.165) is 42.2 Å². The van der Waals surface area contributed by atoms with Crippen molar-refractivity contribution in [3.63, 3.8) is 0 Å². The van der Waals surface area contributed by atoms with Crippen molar-refractivity contribution in [1.29, 1.82) is 0 Å². The van der Waals surface area contributed by atoms with E-state index in [1.54, 1.807) is 0 Å². The fourth-order valence-corrected chi connectivity index (χ4v) is 3.55. The molecule has 1 unspecified atom stereocenters. The van der Waals surface area contributed by atoms with Gasteiger partial charge in [0.25, 0.3) is 0 Å². The number of ether oxygens (including phenoxy) is 1. The average Bonchev–Trinajstić information content (AvgIpc) is 3.27. The summed E-state index contributed by atoms with van der Waals surface area (Å²) in [5.41, 5.74) is 1.31. The van der Waals surface area contributed by atoms with Crippen LogP contribution in [-0.4, -0.2) is 53.4 Å². The average molecular weight is 420 g/mol. The van der Waals surface area contributed by atoms with E-state index >= 15 is 0 Å². The van der Waals surface area contributed by atoms with Crippen LogP contribution in [0.25, 0.3) is 0 Å². The number of aliphatic imine (C=N–C) groups is 1. The van der Waals surface area contributed by atoms with E-state index in [9.17, 15) is 0 Å². The number of nitrogens with zero attached hydrogens (tertiary/aromatic N) is 4. The minimum absolute atomic E-state index is 0.519. The third-order valence-corrected chi connectivity index (χ3v) is 4.93. The summed E-state index contributed by atoms with van der Waals surface area (Å²) >= 11 is 3.46. The van der Waals surface area contributed by atoms with Crippen LogP contribution in [0.15, 0.2) is 46.1 Å². The fraction of sp³-hybridized carbons (Fsp3) is 0.474. The number of halogens is 1. The van der Waals surface area contributed by atoms with E-state index in [1.165, 1.54) is 5.56 Å². The van der Waals surface area contributed by atoms with E-state index in [2.05, 4.69) is 44.4 Å². The van der Waals surface area contributed by atoms with Crippen LogP contribution < -0.4 is 10.1 Å². The van der Waals surface area contributed by atoms with Crippen molar-refractivity contribution in [2.75, 3.05) is 32.8 Å². The van der Waals surface area contributed by atoms with Gasteiger partial charge in [0, 0.05) is 43.3 Å². The van der Waals surface area contributed by atoms with Crippen molar-refractivity contribution in [1.82, 2.24) is 20.0 Å². The van der Waals surface area contributed by atoms with Gasteiger partial charge in [0.05, 0.1) is 12.7 Å². The molecule has 1 fully saturated rings. The summed E-state index contributed by atoms with van der Waals surface area (Å²) in [6.45, 7) is 6.14. The molecule has 1 aliphatic rings. The zero-order chi connectivity index (χ0) is 18.4. The Bertz CT molecular complexity index is 745. The molecular weight excluding hydrogens is 394 g/mol. The van der Waals surface area contributed by atoms with Crippen molar-refractivity contribution < 1.29 is 4.74 Å². The molecule has 0 aliphatic carbocycles. The first kappa shape index (κ1) is 18.8. The molecule has 0 spiro atoms. The summed E-state index contributed by atoms with van der Waals surface area (Å²) in [7, 11) is 1.97. The van der Waals surface area contributed by atoms with Crippen molar-refractivity contribution in [2.24, 2.45) is 12.0 Å². The van der Waals surface area contributed by atoms with Gasteiger partial charge in [0.2, 0.25) is 0 Å². The summed E-state index contributed by atoms with van der Waals surface area (Å²) in [6.07, 6.45) is 5.22.